The van der Waals surface area contributed by atoms with E-state index in [2.05, 4.69) is 43.1 Å². The van der Waals surface area contributed by atoms with Crippen molar-refractivity contribution in [3.63, 3.8) is 0 Å². The molecule has 1 fully saturated rings. The van der Waals surface area contributed by atoms with Crippen LogP contribution in [0.1, 0.15) is 39.5 Å². The molecule has 1 aliphatic heterocycles. The minimum Gasteiger partial charge on any atom is -0.314 e. The van der Waals surface area contributed by atoms with Crippen molar-refractivity contribution < 1.29 is 0 Å². The van der Waals surface area contributed by atoms with E-state index in [9.17, 15) is 0 Å². The molecule has 1 heterocycles. The van der Waals surface area contributed by atoms with Crippen molar-refractivity contribution in [2.24, 2.45) is 5.92 Å². The van der Waals surface area contributed by atoms with E-state index in [-0.39, 0.29) is 0 Å². The molecule has 0 bridgehead atoms. The first-order valence-corrected chi connectivity index (χ1v) is 7.68. The molecule has 1 unspecified atom stereocenters. The quantitative estimate of drug-likeness (QED) is 0.716. The second-order valence-electron chi connectivity index (χ2n) is 6.43. The van der Waals surface area contributed by atoms with Crippen molar-refractivity contribution in [1.82, 2.24) is 15.1 Å². The Balaban J connectivity index is 2.25. The first-order valence-electron chi connectivity index (χ1n) is 7.68. The van der Waals surface area contributed by atoms with Gasteiger partial charge in [-0.05, 0) is 52.4 Å². The largest absolute Gasteiger partial charge is 0.314 e. The highest BCUT2D eigenvalue weighted by Gasteiger charge is 2.14. The fourth-order valence-electron chi connectivity index (χ4n) is 2.66. The fraction of sp³-hybridized carbons (Fsp3) is 1.00. The minimum atomic E-state index is 0.770. The molecular formula is C15H33N3. The molecule has 1 saturated heterocycles. The van der Waals surface area contributed by atoms with E-state index in [0.717, 1.165) is 12.0 Å². The zero-order valence-corrected chi connectivity index (χ0v) is 12.9. The summed E-state index contributed by atoms with van der Waals surface area (Å²) >= 11 is 0. The van der Waals surface area contributed by atoms with Gasteiger partial charge in [0.05, 0.1) is 0 Å². The predicted molar refractivity (Wildman–Crippen MR) is 80.1 cm³/mol. The van der Waals surface area contributed by atoms with Gasteiger partial charge in [-0.25, -0.2) is 0 Å². The summed E-state index contributed by atoms with van der Waals surface area (Å²) in [6, 6.07) is 0.771. The third-order valence-electron chi connectivity index (χ3n) is 3.69. The van der Waals surface area contributed by atoms with E-state index in [4.69, 9.17) is 0 Å². The summed E-state index contributed by atoms with van der Waals surface area (Å²) in [7, 11) is 4.33. The average molecular weight is 255 g/mol. The van der Waals surface area contributed by atoms with Crippen molar-refractivity contribution in [3.8, 4) is 0 Å². The van der Waals surface area contributed by atoms with E-state index in [1.54, 1.807) is 0 Å². The number of piperidine rings is 1. The van der Waals surface area contributed by atoms with Gasteiger partial charge in [0.2, 0.25) is 0 Å². The van der Waals surface area contributed by atoms with Gasteiger partial charge in [-0.2, -0.15) is 0 Å². The number of rotatable bonds is 8. The summed E-state index contributed by atoms with van der Waals surface area (Å²) in [6.45, 7) is 10.7. The second-order valence-corrected chi connectivity index (χ2v) is 6.43. The third-order valence-corrected chi connectivity index (χ3v) is 3.69. The van der Waals surface area contributed by atoms with Gasteiger partial charge in [-0.1, -0.05) is 20.3 Å². The molecule has 0 aromatic heterocycles. The number of nitrogens with one attached hydrogen (secondary N) is 1. The van der Waals surface area contributed by atoms with E-state index < -0.39 is 0 Å². The Kier molecular flexibility index (Phi) is 7.87. The second kappa shape index (κ2) is 8.89. The van der Waals surface area contributed by atoms with Crippen LogP contribution >= 0.6 is 0 Å². The zero-order valence-electron chi connectivity index (χ0n) is 12.9. The first-order chi connectivity index (χ1) is 8.58. The van der Waals surface area contributed by atoms with Crippen LogP contribution in [-0.4, -0.2) is 62.7 Å². The van der Waals surface area contributed by atoms with Gasteiger partial charge < -0.3 is 15.1 Å². The van der Waals surface area contributed by atoms with Crippen molar-refractivity contribution in [1.29, 1.82) is 0 Å². The Labute approximate surface area is 114 Å². The summed E-state index contributed by atoms with van der Waals surface area (Å²) in [5.74, 6) is 0.770. The molecule has 3 heteroatoms. The van der Waals surface area contributed by atoms with Crippen LogP contribution in [0.25, 0.3) is 0 Å². The Hall–Kier alpha value is -0.120. The Morgan fingerprint density at radius 1 is 1.11 bits per heavy atom. The summed E-state index contributed by atoms with van der Waals surface area (Å²) < 4.78 is 0. The lowest BCUT2D eigenvalue weighted by molar-refractivity contribution is 0.204. The number of likely N-dealkylation sites (N-methyl/N-ethyl adjacent to an activating group) is 1. The van der Waals surface area contributed by atoms with Gasteiger partial charge in [0.15, 0.2) is 0 Å². The highest BCUT2D eigenvalue weighted by atomic mass is 15.2. The third kappa shape index (κ3) is 7.34. The van der Waals surface area contributed by atoms with Crippen LogP contribution in [0.3, 0.4) is 0 Å². The van der Waals surface area contributed by atoms with E-state index in [1.807, 2.05) is 0 Å². The van der Waals surface area contributed by atoms with Crippen LogP contribution < -0.4 is 5.32 Å². The van der Waals surface area contributed by atoms with Gasteiger partial charge in [-0.15, -0.1) is 0 Å². The smallest absolute Gasteiger partial charge is 0.0109 e. The summed E-state index contributed by atoms with van der Waals surface area (Å²) in [6.07, 6.45) is 5.48. The summed E-state index contributed by atoms with van der Waals surface area (Å²) in [4.78, 5) is 4.92. The van der Waals surface area contributed by atoms with Gasteiger partial charge >= 0.3 is 0 Å². The molecule has 0 saturated carbocycles. The molecule has 1 N–H and O–H groups in total. The predicted octanol–water partition coefficient (Wildman–Crippen LogP) is 2.04. The molecule has 1 atom stereocenters. The molecule has 1 rings (SSSR count). The summed E-state index contributed by atoms with van der Waals surface area (Å²) in [5.41, 5.74) is 0. The molecule has 18 heavy (non-hydrogen) atoms. The molecule has 0 aromatic rings. The van der Waals surface area contributed by atoms with Crippen LogP contribution in [0.5, 0.6) is 0 Å². The molecule has 3 nitrogen and oxygen atoms in total. The van der Waals surface area contributed by atoms with Gasteiger partial charge in [-0.3, -0.25) is 0 Å². The highest BCUT2D eigenvalue weighted by molar-refractivity contribution is 4.74. The van der Waals surface area contributed by atoms with Gasteiger partial charge in [0, 0.05) is 25.7 Å². The SMILES string of the molecule is CC(C)CN(CCC1CCCCN1)CCN(C)C. The zero-order chi connectivity index (χ0) is 13.4. The molecule has 108 valence electrons. The van der Waals surface area contributed by atoms with Crippen molar-refractivity contribution in [2.45, 2.75) is 45.6 Å². The normalized spacial score (nSPS) is 21.2. The van der Waals surface area contributed by atoms with Crippen molar-refractivity contribution in [2.75, 3.05) is 46.8 Å². The molecule has 0 spiro atoms. The lowest BCUT2D eigenvalue weighted by Gasteiger charge is -2.29. The van der Waals surface area contributed by atoms with Crippen LogP contribution in [0.4, 0.5) is 0 Å². The Morgan fingerprint density at radius 2 is 1.89 bits per heavy atom. The van der Waals surface area contributed by atoms with Crippen LogP contribution in [0, 0.1) is 5.92 Å². The fourth-order valence-corrected chi connectivity index (χ4v) is 2.66. The number of nitrogens with zero attached hydrogens (tertiary/aromatic N) is 2. The van der Waals surface area contributed by atoms with Crippen LogP contribution in [0.2, 0.25) is 0 Å². The molecule has 0 aromatic carbocycles. The Morgan fingerprint density at radius 3 is 2.44 bits per heavy atom. The van der Waals surface area contributed by atoms with Crippen LogP contribution in [-0.2, 0) is 0 Å². The molecule has 0 amide bonds. The lowest BCUT2D eigenvalue weighted by atomic mass is 10.0. The lowest BCUT2D eigenvalue weighted by Crippen LogP contribution is -2.40. The first kappa shape index (κ1) is 15.9. The van der Waals surface area contributed by atoms with Gasteiger partial charge in [0.1, 0.15) is 0 Å². The van der Waals surface area contributed by atoms with Crippen molar-refractivity contribution >= 4 is 0 Å². The minimum absolute atomic E-state index is 0.770. The van der Waals surface area contributed by atoms with E-state index in [1.165, 1.54) is 58.4 Å². The Bertz CT molecular complexity index is 198. The van der Waals surface area contributed by atoms with E-state index >= 15 is 0 Å². The van der Waals surface area contributed by atoms with Gasteiger partial charge in [0.25, 0.3) is 0 Å². The standard InChI is InChI=1S/C15H33N3/c1-14(2)13-18(12-11-17(3)4)10-8-15-7-5-6-9-16-15/h14-16H,5-13H2,1-4H3. The summed E-state index contributed by atoms with van der Waals surface area (Å²) in [5, 5.41) is 3.66. The van der Waals surface area contributed by atoms with Crippen LogP contribution in [0.15, 0.2) is 0 Å². The van der Waals surface area contributed by atoms with E-state index in [0.29, 0.717) is 0 Å². The number of hydrogen-bond acceptors (Lipinski definition) is 3. The molecule has 0 radical (unpaired) electrons. The topological polar surface area (TPSA) is 18.5 Å². The molecule has 0 aliphatic carbocycles. The maximum Gasteiger partial charge on any atom is 0.0109 e. The molecule has 1 aliphatic rings. The maximum absolute atomic E-state index is 3.66. The highest BCUT2D eigenvalue weighted by Crippen LogP contribution is 2.11. The number of hydrogen-bond donors (Lipinski definition) is 1. The van der Waals surface area contributed by atoms with Crippen molar-refractivity contribution in [3.05, 3.63) is 0 Å². The maximum atomic E-state index is 3.66. The average Bonchev–Trinajstić information content (AvgIpc) is 2.33. The molecular weight excluding hydrogens is 222 g/mol. The monoisotopic (exact) mass is 255 g/mol.